The normalized spacial score (nSPS) is 16.3. The highest BCUT2D eigenvalue weighted by atomic mass is 79.9. The number of carbonyl (C=O) groups is 5. The van der Waals surface area contributed by atoms with Crippen molar-refractivity contribution in [2.24, 2.45) is 5.92 Å². The van der Waals surface area contributed by atoms with Crippen LogP contribution < -0.4 is 5.46 Å². The summed E-state index contributed by atoms with van der Waals surface area (Å²) in [4.78, 5) is 62.6. The fourth-order valence-corrected chi connectivity index (χ4v) is 10.1. The number of imide groups is 2. The van der Waals surface area contributed by atoms with E-state index in [2.05, 4.69) is 15.9 Å². The van der Waals surface area contributed by atoms with Gasteiger partial charge < -0.3 is 19.5 Å². The maximum atomic E-state index is 14.0. The van der Waals surface area contributed by atoms with E-state index in [1.807, 2.05) is 72.8 Å². The zero-order valence-corrected chi connectivity index (χ0v) is 54.2. The second kappa shape index (κ2) is 33.2. The van der Waals surface area contributed by atoms with E-state index in [0.717, 1.165) is 52.1 Å². The van der Waals surface area contributed by atoms with Gasteiger partial charge in [0.1, 0.15) is 34.4 Å². The number of benzene rings is 6. The second-order valence-electron chi connectivity index (χ2n) is 21.9. The van der Waals surface area contributed by atoms with Gasteiger partial charge in [-0.05, 0) is 181 Å². The van der Waals surface area contributed by atoms with Crippen LogP contribution in [-0.4, -0.2) is 80.0 Å². The van der Waals surface area contributed by atoms with Crippen molar-refractivity contribution in [3.63, 3.8) is 0 Å². The summed E-state index contributed by atoms with van der Waals surface area (Å²) in [6.45, 7) is 10.7. The molecule has 3 atom stereocenters. The molecule has 3 aliphatic rings. The number of hydrogen-bond donors (Lipinski definition) is 2. The summed E-state index contributed by atoms with van der Waals surface area (Å²) in [5.41, 5.74) is 4.28. The van der Waals surface area contributed by atoms with Crippen LogP contribution in [0.15, 0.2) is 132 Å². The number of hydrogen-bond acceptors (Lipinski definition) is 9. The molecule has 84 heavy (non-hydrogen) atoms. The lowest BCUT2D eigenvalue weighted by Gasteiger charge is -2.27. The molecule has 1 aliphatic carbocycles. The van der Waals surface area contributed by atoms with E-state index in [1.165, 1.54) is 45.7 Å². The number of Topliss-reactive ketones (excluding diaryl/α,β-unsaturated/α-hetero) is 1. The summed E-state index contributed by atoms with van der Waals surface area (Å²) in [6.07, 6.45) is 5.41. The van der Waals surface area contributed by atoms with E-state index in [9.17, 15) is 37.1 Å². The highest BCUT2D eigenvalue weighted by molar-refractivity contribution is 9.10. The van der Waals surface area contributed by atoms with Gasteiger partial charge in [-0.2, -0.15) is 40.5 Å². The van der Waals surface area contributed by atoms with Crippen LogP contribution in [0.4, 0.5) is 22.8 Å². The molecule has 2 aliphatic heterocycles. The number of ether oxygens (including phenoxy) is 2. The van der Waals surface area contributed by atoms with E-state index < -0.39 is 36.3 Å². The number of rotatable bonds is 9. The SMILES string of the molecule is CC(C)(C)OC(=O)N1C(=O)CC[C@H]1Cc1ccc(-c2cc(Cl)ccc2F)cc1.CC(C)(C)OC(=O)N1C(=O)CC[C@H]1Cc1ccc(Br)cc1.O=C1CC[C@@H](Cc2ccc(-c3cc(Cl)ccc3F)cc2)C1.OB(O)c1cc(Cl)ccc1F.S.S.S. The van der Waals surface area contributed by atoms with Crippen molar-refractivity contribution in [1.82, 2.24) is 9.80 Å². The Kier molecular flexibility index (Phi) is 29.0. The third kappa shape index (κ3) is 22.4. The number of halogens is 7. The van der Waals surface area contributed by atoms with Gasteiger partial charge in [-0.15, -0.1) is 0 Å². The van der Waals surface area contributed by atoms with Crippen molar-refractivity contribution >= 4 is 134 Å². The number of amides is 4. The minimum Gasteiger partial charge on any atom is -0.443 e. The number of carbonyl (C=O) groups excluding carboxylic acids is 5. The van der Waals surface area contributed by atoms with E-state index in [0.29, 0.717) is 77.8 Å². The fourth-order valence-electron chi connectivity index (χ4n) is 9.35. The molecule has 0 aromatic heterocycles. The van der Waals surface area contributed by atoms with Gasteiger partial charge in [-0.25, -0.2) is 32.6 Å². The Balaban J connectivity index is 0.000000301. The summed E-state index contributed by atoms with van der Waals surface area (Å²) in [6, 6.07) is 35.4. The summed E-state index contributed by atoms with van der Waals surface area (Å²) >= 11 is 20.8. The molecule has 452 valence electrons. The van der Waals surface area contributed by atoms with Crippen molar-refractivity contribution < 1.29 is 56.7 Å². The van der Waals surface area contributed by atoms with Crippen LogP contribution in [-0.2, 0) is 43.1 Å². The molecule has 9 rings (SSSR count). The fraction of sp³-hybridized carbons (Fsp3) is 0.339. The average molecular weight is 1340 g/mol. The topological polar surface area (TPSA) is 151 Å². The molecule has 22 heteroatoms. The van der Waals surface area contributed by atoms with Crippen LogP contribution in [0.3, 0.4) is 0 Å². The minimum atomic E-state index is -1.81. The number of likely N-dealkylation sites (tertiary alicyclic amines) is 2. The lowest BCUT2D eigenvalue weighted by atomic mass is 9.80. The Morgan fingerprint density at radius 3 is 1.27 bits per heavy atom. The molecule has 6 aromatic carbocycles. The van der Waals surface area contributed by atoms with Gasteiger partial charge in [0.2, 0.25) is 11.8 Å². The first-order valence-electron chi connectivity index (χ1n) is 26.4. The Labute approximate surface area is 534 Å². The Bertz CT molecular complexity index is 3200. The predicted octanol–water partition coefficient (Wildman–Crippen LogP) is 15.1. The van der Waals surface area contributed by atoms with Crippen LogP contribution in [0, 0.1) is 23.4 Å². The first-order chi connectivity index (χ1) is 38.1. The summed E-state index contributed by atoms with van der Waals surface area (Å²) in [5.74, 6) is -0.806. The first kappa shape index (κ1) is 73.3. The highest BCUT2D eigenvalue weighted by Gasteiger charge is 2.40. The molecule has 0 unspecified atom stereocenters. The molecule has 0 spiro atoms. The van der Waals surface area contributed by atoms with E-state index in [4.69, 9.17) is 54.3 Å². The van der Waals surface area contributed by atoms with Crippen molar-refractivity contribution in [3.05, 3.63) is 181 Å². The van der Waals surface area contributed by atoms with Crippen LogP contribution in [0.1, 0.15) is 103 Å². The average Bonchev–Trinajstić information content (AvgIpc) is 4.32. The van der Waals surface area contributed by atoms with E-state index >= 15 is 0 Å². The van der Waals surface area contributed by atoms with Crippen LogP contribution in [0.5, 0.6) is 0 Å². The smallest absolute Gasteiger partial charge is 0.443 e. The Morgan fingerprint density at radius 1 is 0.548 bits per heavy atom. The first-order valence-corrected chi connectivity index (χ1v) is 28.3. The van der Waals surface area contributed by atoms with Crippen molar-refractivity contribution in [2.75, 3.05) is 0 Å². The monoisotopic (exact) mass is 1330 g/mol. The highest BCUT2D eigenvalue weighted by Crippen LogP contribution is 2.32. The van der Waals surface area contributed by atoms with Gasteiger partial charge in [-0.1, -0.05) is 111 Å². The molecule has 4 amide bonds. The Morgan fingerprint density at radius 2 is 0.917 bits per heavy atom. The van der Waals surface area contributed by atoms with Crippen LogP contribution in [0.25, 0.3) is 22.3 Å². The molecular weight excluding hydrogens is 1270 g/mol. The predicted molar refractivity (Wildman–Crippen MR) is 346 cm³/mol. The third-order valence-corrected chi connectivity index (χ3v) is 14.4. The standard InChI is InChI=1S/C22H23ClFNO3.C18H16ClFO.C16H20BrNO3.C6H5BClFO2.3H2S/c1-22(2,3)28-21(27)25-17(9-11-20(25)26)12-14-4-6-15(7-5-14)18-13-16(23)8-10-19(18)24;19-15-6-8-18(20)17(11-15)14-4-1-12(2-5-14)9-13-3-7-16(21)10-13;1-16(2,3)21-15(20)18-13(8-9-14(18)19)10-11-4-6-12(17)7-5-11;8-4-1-2-6(9)5(3-4)7(10)11;;;/h4-8,10,13,17H,9,11-12H2,1-3H3;1-2,4-6,8,11,13H,3,7,9-10H2;4-7,13H,8-10H2,1-3H3;1-3,10-11H;3*1H2/t17-;2*13-;;;;/m000..../s1. The van der Waals surface area contributed by atoms with Crippen LogP contribution >= 0.6 is 91.2 Å². The molecule has 6 aromatic rings. The zero-order chi connectivity index (χ0) is 59.3. The molecule has 1 saturated carbocycles. The zero-order valence-electron chi connectivity index (χ0n) is 47.3. The van der Waals surface area contributed by atoms with E-state index in [1.54, 1.807) is 59.7 Å². The van der Waals surface area contributed by atoms with Crippen molar-refractivity contribution in [2.45, 2.75) is 129 Å². The molecule has 2 N–H and O–H groups in total. The quantitative estimate of drug-likeness (QED) is 0.135. The molecule has 11 nitrogen and oxygen atoms in total. The summed E-state index contributed by atoms with van der Waals surface area (Å²) in [5, 5.41) is 18.4. The second-order valence-corrected chi connectivity index (χ2v) is 24.2. The van der Waals surface area contributed by atoms with Gasteiger partial charge in [0.05, 0.1) is 0 Å². The van der Waals surface area contributed by atoms with Crippen molar-refractivity contribution in [1.29, 1.82) is 0 Å². The molecule has 0 radical (unpaired) electrons. The minimum absolute atomic E-state index is 0. The van der Waals surface area contributed by atoms with Gasteiger partial charge in [-0.3, -0.25) is 14.4 Å². The van der Waals surface area contributed by atoms with E-state index in [-0.39, 0.29) is 86.5 Å². The third-order valence-electron chi connectivity index (χ3n) is 13.2. The maximum absolute atomic E-state index is 14.0. The van der Waals surface area contributed by atoms with Crippen LogP contribution in [0.2, 0.25) is 15.1 Å². The summed E-state index contributed by atoms with van der Waals surface area (Å²) < 4.78 is 52.2. The molecular formula is C62H70BBrCl3F3N2O9S3. The lowest BCUT2D eigenvalue weighted by Crippen LogP contribution is -2.43. The van der Waals surface area contributed by atoms with Gasteiger partial charge in [0.25, 0.3) is 0 Å². The van der Waals surface area contributed by atoms with Crippen molar-refractivity contribution in [3.8, 4) is 22.3 Å². The molecule has 2 heterocycles. The van der Waals surface area contributed by atoms with Gasteiger partial charge in [0.15, 0.2) is 0 Å². The van der Waals surface area contributed by atoms with Gasteiger partial charge >= 0.3 is 19.3 Å². The largest absolute Gasteiger partial charge is 0.491 e. The number of ketones is 1. The summed E-state index contributed by atoms with van der Waals surface area (Å²) in [7, 11) is -1.81. The molecule has 0 bridgehead atoms. The van der Waals surface area contributed by atoms with Gasteiger partial charge in [0, 0.05) is 73.9 Å². The lowest BCUT2D eigenvalue weighted by molar-refractivity contribution is -0.129. The molecule has 2 saturated heterocycles. The molecule has 3 fully saturated rings. The Hall–Kier alpha value is -4.96. The number of nitrogens with zero attached hydrogens (tertiary/aromatic N) is 2. The maximum Gasteiger partial charge on any atom is 0.491 e.